The maximum atomic E-state index is 13.8. The summed E-state index contributed by atoms with van der Waals surface area (Å²) in [7, 11) is 0. The molecule has 5 amide bonds. The van der Waals surface area contributed by atoms with E-state index < -0.39 is 59.9 Å². The molecule has 7 N–H and O–H groups in total. The van der Waals surface area contributed by atoms with Crippen molar-refractivity contribution in [1.29, 1.82) is 0 Å². The number of carbonyl (C=O) groups is 6. The Kier molecular flexibility index (Phi) is 18.3. The molecule has 1 aromatic rings. The van der Waals surface area contributed by atoms with Crippen molar-refractivity contribution in [1.82, 2.24) is 26.6 Å². The standard InChI is InChI=1S/C34H55N5O8/c1-8-35-33(46)30(22(6)7)38-28(42)19-26(40)24(17-20(2)3)37-34(47)31(23-13-10-9-11-14-23)39-32(45)25(18-21(4)5)36-27(41)15-12-16-29(43)44/h9-11,13-14,20-22,24-26,30-31,40H,8,12,15-19H2,1-7H3,(H,35,46)(H,36,41)(H,37,47)(H,38,42)(H,39,45)(H,43,44)/t24-,25-,26-,30-,31?/m0/s1. The molecule has 1 rings (SSSR count). The van der Waals surface area contributed by atoms with Gasteiger partial charge in [0.25, 0.3) is 0 Å². The number of carboxylic acid groups (broad SMARTS) is 1. The third-order valence-corrected chi connectivity index (χ3v) is 7.36. The quantitative estimate of drug-likeness (QED) is 0.104. The number of hydrogen-bond donors (Lipinski definition) is 7. The molecule has 13 nitrogen and oxygen atoms in total. The van der Waals surface area contributed by atoms with Crippen LogP contribution in [0.1, 0.15) is 98.6 Å². The minimum atomic E-state index is -1.30. The van der Waals surface area contributed by atoms with Gasteiger partial charge in [0.1, 0.15) is 18.1 Å². The van der Waals surface area contributed by atoms with E-state index >= 15 is 0 Å². The normalized spacial score (nSPS) is 14.4. The Hall–Kier alpha value is -4.00. The number of carbonyl (C=O) groups excluding carboxylic acids is 5. The third kappa shape index (κ3) is 15.9. The van der Waals surface area contributed by atoms with E-state index in [1.165, 1.54) is 0 Å². The summed E-state index contributed by atoms with van der Waals surface area (Å²) < 4.78 is 0. The fraction of sp³-hybridized carbons (Fsp3) is 0.647. The van der Waals surface area contributed by atoms with Crippen LogP contribution in [-0.2, 0) is 28.8 Å². The molecule has 0 aliphatic rings. The van der Waals surface area contributed by atoms with E-state index in [4.69, 9.17) is 5.11 Å². The van der Waals surface area contributed by atoms with Gasteiger partial charge in [0.05, 0.1) is 18.6 Å². The molecule has 1 aromatic carbocycles. The number of benzene rings is 1. The summed E-state index contributed by atoms with van der Waals surface area (Å²) in [5, 5.41) is 33.7. The van der Waals surface area contributed by atoms with Gasteiger partial charge in [-0.25, -0.2) is 0 Å². The van der Waals surface area contributed by atoms with E-state index in [1.807, 2.05) is 27.7 Å². The summed E-state index contributed by atoms with van der Waals surface area (Å²) in [6.07, 6.45) is -1.20. The van der Waals surface area contributed by atoms with Gasteiger partial charge in [-0.05, 0) is 49.5 Å². The molecular formula is C34H55N5O8. The number of carboxylic acids is 1. The first-order valence-electron chi connectivity index (χ1n) is 16.5. The van der Waals surface area contributed by atoms with Crippen LogP contribution in [0.2, 0.25) is 0 Å². The maximum Gasteiger partial charge on any atom is 0.303 e. The Morgan fingerprint density at radius 2 is 1.34 bits per heavy atom. The monoisotopic (exact) mass is 661 g/mol. The molecule has 0 heterocycles. The fourth-order valence-electron chi connectivity index (χ4n) is 5.03. The van der Waals surface area contributed by atoms with E-state index in [1.54, 1.807) is 51.1 Å². The molecule has 0 saturated heterocycles. The first kappa shape index (κ1) is 41.0. The van der Waals surface area contributed by atoms with Gasteiger partial charge in [0.2, 0.25) is 29.5 Å². The Bertz CT molecular complexity index is 1170. The zero-order chi connectivity index (χ0) is 35.7. The number of aliphatic hydroxyl groups is 1. The second kappa shape index (κ2) is 21.0. The van der Waals surface area contributed by atoms with Crippen molar-refractivity contribution in [3.8, 4) is 0 Å². The van der Waals surface area contributed by atoms with Crippen LogP contribution in [0.3, 0.4) is 0 Å². The van der Waals surface area contributed by atoms with Crippen LogP contribution < -0.4 is 26.6 Å². The largest absolute Gasteiger partial charge is 0.481 e. The Morgan fingerprint density at radius 3 is 1.87 bits per heavy atom. The van der Waals surface area contributed by atoms with Crippen molar-refractivity contribution in [2.45, 2.75) is 117 Å². The molecule has 1 unspecified atom stereocenters. The van der Waals surface area contributed by atoms with Crippen molar-refractivity contribution >= 4 is 35.5 Å². The number of hydrogen-bond acceptors (Lipinski definition) is 7. The highest BCUT2D eigenvalue weighted by Crippen LogP contribution is 2.18. The average Bonchev–Trinajstić information content (AvgIpc) is 2.97. The smallest absolute Gasteiger partial charge is 0.303 e. The molecule has 0 saturated carbocycles. The zero-order valence-electron chi connectivity index (χ0n) is 28.8. The van der Waals surface area contributed by atoms with E-state index in [0.717, 1.165) is 0 Å². The lowest BCUT2D eigenvalue weighted by Crippen LogP contribution is -2.54. The van der Waals surface area contributed by atoms with Crippen LogP contribution in [0.5, 0.6) is 0 Å². The van der Waals surface area contributed by atoms with Gasteiger partial charge >= 0.3 is 5.97 Å². The van der Waals surface area contributed by atoms with Crippen molar-refractivity contribution in [2.24, 2.45) is 17.8 Å². The van der Waals surface area contributed by atoms with E-state index in [0.29, 0.717) is 18.5 Å². The molecule has 0 aliphatic carbocycles. The summed E-state index contributed by atoms with van der Waals surface area (Å²) in [6.45, 7) is 13.3. The lowest BCUT2D eigenvalue weighted by molar-refractivity contribution is -0.137. The molecular weight excluding hydrogens is 606 g/mol. The molecule has 0 aliphatic heterocycles. The van der Waals surface area contributed by atoms with Gasteiger partial charge in [-0.2, -0.15) is 0 Å². The molecule has 0 aromatic heterocycles. The predicted molar refractivity (Wildman–Crippen MR) is 178 cm³/mol. The van der Waals surface area contributed by atoms with Crippen LogP contribution >= 0.6 is 0 Å². The maximum absolute atomic E-state index is 13.8. The molecule has 0 bridgehead atoms. The minimum Gasteiger partial charge on any atom is -0.481 e. The second-order valence-corrected chi connectivity index (χ2v) is 13.0. The number of aliphatic hydroxyl groups excluding tert-OH is 1. The molecule has 5 atom stereocenters. The number of likely N-dealkylation sites (N-methyl/N-ethyl adjacent to an activating group) is 1. The molecule has 0 fully saturated rings. The van der Waals surface area contributed by atoms with Crippen molar-refractivity contribution in [2.75, 3.05) is 6.54 Å². The Morgan fingerprint density at radius 1 is 0.723 bits per heavy atom. The summed E-state index contributed by atoms with van der Waals surface area (Å²) in [5.41, 5.74) is 0.465. The lowest BCUT2D eigenvalue weighted by atomic mass is 9.95. The van der Waals surface area contributed by atoms with Gasteiger partial charge in [-0.3, -0.25) is 28.8 Å². The van der Waals surface area contributed by atoms with Crippen molar-refractivity contribution in [3.05, 3.63) is 35.9 Å². The van der Waals surface area contributed by atoms with Gasteiger partial charge in [-0.1, -0.05) is 71.9 Å². The molecule has 13 heteroatoms. The van der Waals surface area contributed by atoms with Crippen molar-refractivity contribution < 1.29 is 39.0 Å². The summed E-state index contributed by atoms with van der Waals surface area (Å²) in [6, 6.07) is 4.69. The summed E-state index contributed by atoms with van der Waals surface area (Å²) in [5.74, 6) is -3.75. The second-order valence-electron chi connectivity index (χ2n) is 13.0. The van der Waals surface area contributed by atoms with Gasteiger partial charge in [0, 0.05) is 19.4 Å². The van der Waals surface area contributed by atoms with Crippen molar-refractivity contribution in [3.63, 3.8) is 0 Å². The SMILES string of the molecule is CCNC(=O)[C@@H](NC(=O)C[C@H](O)[C@H](CC(C)C)NC(=O)C(NC(=O)[C@H](CC(C)C)NC(=O)CCCC(=O)O)c1ccccc1)C(C)C. The van der Waals surface area contributed by atoms with Gasteiger partial charge in [0.15, 0.2) is 0 Å². The van der Waals surface area contributed by atoms with Crippen LogP contribution in [0.25, 0.3) is 0 Å². The predicted octanol–water partition coefficient (Wildman–Crippen LogP) is 2.19. The summed E-state index contributed by atoms with van der Waals surface area (Å²) in [4.78, 5) is 76.1. The first-order chi connectivity index (χ1) is 22.0. The number of rotatable bonds is 21. The topological polar surface area (TPSA) is 203 Å². The van der Waals surface area contributed by atoms with E-state index in [-0.39, 0.29) is 55.8 Å². The molecule has 47 heavy (non-hydrogen) atoms. The van der Waals surface area contributed by atoms with Gasteiger partial charge < -0.3 is 36.8 Å². The highest BCUT2D eigenvalue weighted by molar-refractivity contribution is 5.93. The molecule has 0 spiro atoms. The fourth-order valence-corrected chi connectivity index (χ4v) is 5.03. The summed E-state index contributed by atoms with van der Waals surface area (Å²) >= 11 is 0. The number of nitrogens with one attached hydrogen (secondary N) is 5. The van der Waals surface area contributed by atoms with Crippen LogP contribution in [0.4, 0.5) is 0 Å². The van der Waals surface area contributed by atoms with Gasteiger partial charge in [-0.15, -0.1) is 0 Å². The van der Waals surface area contributed by atoms with Crippen LogP contribution in [-0.4, -0.2) is 76.5 Å². The van der Waals surface area contributed by atoms with Crippen LogP contribution in [0.15, 0.2) is 30.3 Å². The number of aliphatic carboxylic acids is 1. The lowest BCUT2D eigenvalue weighted by Gasteiger charge is -2.29. The third-order valence-electron chi connectivity index (χ3n) is 7.36. The van der Waals surface area contributed by atoms with E-state index in [2.05, 4.69) is 26.6 Å². The van der Waals surface area contributed by atoms with E-state index in [9.17, 15) is 33.9 Å². The number of amides is 5. The Balaban J connectivity index is 3.19. The average molecular weight is 662 g/mol. The molecule has 264 valence electrons. The molecule has 0 radical (unpaired) electrons. The highest BCUT2D eigenvalue weighted by Gasteiger charge is 2.33. The first-order valence-corrected chi connectivity index (χ1v) is 16.5. The Labute approximate surface area is 278 Å². The van der Waals surface area contributed by atoms with Crippen LogP contribution in [0, 0.1) is 17.8 Å². The zero-order valence-corrected chi connectivity index (χ0v) is 28.8. The highest BCUT2D eigenvalue weighted by atomic mass is 16.4. The minimum absolute atomic E-state index is 0.00845.